The number of esters is 1. The summed E-state index contributed by atoms with van der Waals surface area (Å²) < 4.78 is 33.4. The predicted molar refractivity (Wildman–Crippen MR) is 110 cm³/mol. The molecule has 3 fully saturated rings. The number of benzene rings is 1. The minimum atomic E-state index is -1.05. The molecule has 0 aromatic heterocycles. The molecule has 1 aromatic rings. The van der Waals surface area contributed by atoms with Crippen molar-refractivity contribution >= 4 is 5.97 Å². The van der Waals surface area contributed by atoms with Crippen LogP contribution in [0.1, 0.15) is 76.7 Å². The molecule has 3 saturated carbocycles. The summed E-state index contributed by atoms with van der Waals surface area (Å²) in [5.41, 5.74) is 0.218. The van der Waals surface area contributed by atoms with Gasteiger partial charge in [-0.1, -0.05) is 38.7 Å². The summed E-state index contributed by atoms with van der Waals surface area (Å²) >= 11 is 0. The smallest absolute Gasteiger partial charge is 0.314 e. The highest BCUT2D eigenvalue weighted by molar-refractivity contribution is 5.75. The molecule has 29 heavy (non-hydrogen) atoms. The van der Waals surface area contributed by atoms with E-state index in [4.69, 9.17) is 4.74 Å². The Labute approximate surface area is 173 Å². The van der Waals surface area contributed by atoms with Gasteiger partial charge in [-0.15, -0.1) is 0 Å². The molecule has 4 heteroatoms. The van der Waals surface area contributed by atoms with Gasteiger partial charge < -0.3 is 4.74 Å². The van der Waals surface area contributed by atoms with Gasteiger partial charge in [-0.25, -0.2) is 4.39 Å². The Morgan fingerprint density at radius 3 is 2.38 bits per heavy atom. The first-order valence-electron chi connectivity index (χ1n) is 11.6. The van der Waals surface area contributed by atoms with Crippen LogP contribution in [0.15, 0.2) is 12.1 Å². The number of halogens is 2. The third-order valence-corrected chi connectivity index (χ3v) is 8.17. The van der Waals surface area contributed by atoms with Gasteiger partial charge in [-0.3, -0.25) is 4.79 Å². The van der Waals surface area contributed by atoms with Crippen molar-refractivity contribution in [3.05, 3.63) is 29.3 Å². The first-order valence-corrected chi connectivity index (χ1v) is 11.6. The summed E-state index contributed by atoms with van der Waals surface area (Å²) in [6, 6.07) is 2.83. The summed E-state index contributed by atoms with van der Waals surface area (Å²) in [5, 5.41) is 0. The highest BCUT2D eigenvalue weighted by Crippen LogP contribution is 2.50. The van der Waals surface area contributed by atoms with Gasteiger partial charge in [0.15, 0.2) is 11.6 Å². The lowest BCUT2D eigenvalue weighted by atomic mass is 9.59. The van der Waals surface area contributed by atoms with Crippen LogP contribution < -0.4 is 4.74 Å². The molecule has 0 bridgehead atoms. The van der Waals surface area contributed by atoms with Crippen LogP contribution in [-0.2, 0) is 4.79 Å². The third-order valence-electron chi connectivity index (χ3n) is 8.17. The van der Waals surface area contributed by atoms with Crippen molar-refractivity contribution in [1.29, 1.82) is 0 Å². The van der Waals surface area contributed by atoms with Crippen molar-refractivity contribution in [2.24, 2.45) is 35.5 Å². The van der Waals surface area contributed by atoms with E-state index in [1.165, 1.54) is 64.0 Å². The summed E-state index contributed by atoms with van der Waals surface area (Å²) in [4.78, 5) is 12.9. The second-order valence-electron chi connectivity index (χ2n) is 9.98. The van der Waals surface area contributed by atoms with Gasteiger partial charge >= 0.3 is 5.97 Å². The van der Waals surface area contributed by atoms with Crippen LogP contribution in [0, 0.1) is 54.1 Å². The molecule has 3 aliphatic rings. The molecule has 2 nitrogen and oxygen atoms in total. The number of ether oxygens (including phenoxy) is 1. The number of fused-ring (bicyclic) bond motifs is 1. The van der Waals surface area contributed by atoms with Crippen molar-refractivity contribution in [1.82, 2.24) is 0 Å². The fourth-order valence-corrected chi connectivity index (χ4v) is 6.37. The molecule has 3 aliphatic carbocycles. The summed E-state index contributed by atoms with van der Waals surface area (Å²) in [6.45, 7) is 3.87. The quantitative estimate of drug-likeness (QED) is 0.407. The van der Waals surface area contributed by atoms with Gasteiger partial charge in [-0.2, -0.15) is 4.39 Å². The largest absolute Gasteiger partial charge is 0.423 e. The Morgan fingerprint density at radius 1 is 0.897 bits per heavy atom. The van der Waals surface area contributed by atoms with Gasteiger partial charge in [0, 0.05) is 0 Å². The number of aryl methyl sites for hydroxylation is 1. The van der Waals surface area contributed by atoms with E-state index in [0.29, 0.717) is 11.8 Å². The molecule has 0 aliphatic heterocycles. The topological polar surface area (TPSA) is 26.3 Å². The highest BCUT2D eigenvalue weighted by atomic mass is 19.2. The molecule has 0 heterocycles. The van der Waals surface area contributed by atoms with E-state index < -0.39 is 11.6 Å². The molecular formula is C25H34F2O2. The van der Waals surface area contributed by atoms with Crippen LogP contribution in [0.2, 0.25) is 0 Å². The first-order chi connectivity index (χ1) is 13.9. The maximum Gasteiger partial charge on any atom is 0.314 e. The van der Waals surface area contributed by atoms with E-state index >= 15 is 0 Å². The van der Waals surface area contributed by atoms with Crippen molar-refractivity contribution in [2.45, 2.75) is 78.1 Å². The molecule has 160 valence electrons. The Kier molecular flexibility index (Phi) is 6.27. The molecule has 4 unspecified atom stereocenters. The van der Waals surface area contributed by atoms with Crippen LogP contribution in [0.3, 0.4) is 0 Å². The Bertz CT molecular complexity index is 739. The first kappa shape index (κ1) is 20.8. The van der Waals surface area contributed by atoms with Crippen LogP contribution in [0.5, 0.6) is 5.75 Å². The summed E-state index contributed by atoms with van der Waals surface area (Å²) in [6.07, 6.45) is 12.0. The molecule has 1 aromatic carbocycles. The molecule has 4 atom stereocenters. The van der Waals surface area contributed by atoms with Crippen LogP contribution in [-0.4, -0.2) is 5.97 Å². The van der Waals surface area contributed by atoms with Crippen molar-refractivity contribution in [2.75, 3.05) is 0 Å². The lowest BCUT2D eigenvalue weighted by Gasteiger charge is -2.45. The minimum Gasteiger partial charge on any atom is -0.423 e. The van der Waals surface area contributed by atoms with Crippen molar-refractivity contribution < 1.29 is 18.3 Å². The fraction of sp³-hybridized carbons (Fsp3) is 0.720. The number of hydrogen-bond acceptors (Lipinski definition) is 2. The van der Waals surface area contributed by atoms with Crippen LogP contribution in [0.4, 0.5) is 8.78 Å². The zero-order chi connectivity index (χ0) is 20.5. The van der Waals surface area contributed by atoms with Gasteiger partial charge in [0.2, 0.25) is 5.82 Å². The molecule has 0 radical (unpaired) electrons. The predicted octanol–water partition coefficient (Wildman–Crippen LogP) is 6.84. The zero-order valence-corrected chi connectivity index (χ0v) is 17.8. The summed E-state index contributed by atoms with van der Waals surface area (Å²) in [5.74, 6) is 0.670. The number of rotatable bonds is 3. The average molecular weight is 405 g/mol. The second-order valence-corrected chi connectivity index (χ2v) is 9.98. The van der Waals surface area contributed by atoms with Crippen LogP contribution in [0.25, 0.3) is 0 Å². The minimum absolute atomic E-state index is 0.176. The zero-order valence-electron chi connectivity index (χ0n) is 17.8. The third kappa shape index (κ3) is 4.36. The van der Waals surface area contributed by atoms with Gasteiger partial charge in [0.05, 0.1) is 5.92 Å². The van der Waals surface area contributed by atoms with E-state index in [0.717, 1.165) is 37.0 Å². The lowest BCUT2D eigenvalue weighted by molar-refractivity contribution is -0.144. The lowest BCUT2D eigenvalue weighted by Crippen LogP contribution is -2.40. The fourth-order valence-electron chi connectivity index (χ4n) is 6.37. The van der Waals surface area contributed by atoms with E-state index in [1.54, 1.807) is 0 Å². The van der Waals surface area contributed by atoms with Gasteiger partial charge in [0.25, 0.3) is 0 Å². The van der Waals surface area contributed by atoms with Crippen molar-refractivity contribution in [3.63, 3.8) is 0 Å². The molecule has 4 rings (SSSR count). The standard InChI is InChI=1S/C25H34F2O2/c1-15-6-9-17(10-7-15)18-11-12-20-19(14-18)4-3-5-21(20)25(28)29-22-13-8-16(2)23(26)24(22)27/h8,13,15,17-21H,3-7,9-12,14H2,1-2H3. The number of carbonyl (C=O) groups excluding carboxylic acids is 1. The van der Waals surface area contributed by atoms with Gasteiger partial charge in [0.1, 0.15) is 0 Å². The van der Waals surface area contributed by atoms with E-state index in [9.17, 15) is 13.6 Å². The average Bonchev–Trinajstić information content (AvgIpc) is 2.73. The highest BCUT2D eigenvalue weighted by Gasteiger charge is 2.43. The van der Waals surface area contributed by atoms with E-state index in [1.807, 2.05) is 0 Å². The molecule has 0 spiro atoms. The van der Waals surface area contributed by atoms with Crippen molar-refractivity contribution in [3.8, 4) is 5.75 Å². The SMILES string of the molecule is Cc1ccc(OC(=O)C2CCCC3CC(C4CCC(C)CC4)CCC32)c(F)c1F. The molecular weight excluding hydrogens is 370 g/mol. The number of hydrogen-bond donors (Lipinski definition) is 0. The second kappa shape index (κ2) is 8.73. The Balaban J connectivity index is 1.40. The molecule has 0 saturated heterocycles. The Hall–Kier alpha value is -1.45. The molecule has 0 amide bonds. The number of carbonyl (C=O) groups is 1. The monoisotopic (exact) mass is 404 g/mol. The Morgan fingerprint density at radius 2 is 1.62 bits per heavy atom. The maximum atomic E-state index is 14.2. The normalized spacial score (nSPS) is 35.0. The van der Waals surface area contributed by atoms with E-state index in [-0.39, 0.29) is 23.2 Å². The van der Waals surface area contributed by atoms with Crippen LogP contribution >= 0.6 is 0 Å². The van der Waals surface area contributed by atoms with E-state index in [2.05, 4.69) is 6.92 Å². The summed E-state index contributed by atoms with van der Waals surface area (Å²) in [7, 11) is 0. The maximum absolute atomic E-state index is 14.2. The van der Waals surface area contributed by atoms with Gasteiger partial charge in [-0.05, 0) is 86.7 Å². The molecule has 0 N–H and O–H groups in total.